The van der Waals surface area contributed by atoms with Gasteiger partial charge in [0.1, 0.15) is 0 Å². The van der Waals surface area contributed by atoms with E-state index < -0.39 is 17.8 Å². The number of benzene rings is 1. The summed E-state index contributed by atoms with van der Waals surface area (Å²) >= 11 is 11.3. The standard InChI is InChI=1S/C15H18Cl2FN3O3/c1-2-21(7-13(22)23)10-3-8(4-10)19-15(24)20-9-5-11(16)14(18)12(17)6-9/h5-6,8,10H,2-4,7H2,1H3,(H,22,23)(H2,19,20,24). The second kappa shape index (κ2) is 8.00. The predicted octanol–water partition coefficient (Wildman–Crippen LogP) is 3.19. The van der Waals surface area contributed by atoms with E-state index in [0.29, 0.717) is 25.1 Å². The molecule has 1 saturated carbocycles. The van der Waals surface area contributed by atoms with Crippen molar-refractivity contribution in [3.63, 3.8) is 0 Å². The predicted molar refractivity (Wildman–Crippen MR) is 90.3 cm³/mol. The number of carbonyl (C=O) groups is 2. The number of carboxylic acids is 1. The number of hydrogen-bond donors (Lipinski definition) is 3. The number of carbonyl (C=O) groups excluding carboxylic acids is 1. The number of hydrogen-bond acceptors (Lipinski definition) is 3. The van der Waals surface area contributed by atoms with Crippen molar-refractivity contribution in [2.24, 2.45) is 0 Å². The molecule has 132 valence electrons. The average molecular weight is 378 g/mol. The van der Waals surface area contributed by atoms with E-state index in [1.54, 1.807) is 0 Å². The zero-order chi connectivity index (χ0) is 17.9. The first-order valence-corrected chi connectivity index (χ1v) is 8.23. The van der Waals surface area contributed by atoms with Crippen LogP contribution in [0.5, 0.6) is 0 Å². The number of likely N-dealkylation sites (N-methyl/N-ethyl adjacent to an activating group) is 1. The van der Waals surface area contributed by atoms with Gasteiger partial charge in [0.2, 0.25) is 0 Å². The smallest absolute Gasteiger partial charge is 0.319 e. The first-order valence-electron chi connectivity index (χ1n) is 7.48. The Hall–Kier alpha value is -1.57. The Morgan fingerprint density at radius 2 is 1.92 bits per heavy atom. The van der Waals surface area contributed by atoms with E-state index in [1.165, 1.54) is 12.1 Å². The number of aliphatic carboxylic acids is 1. The summed E-state index contributed by atoms with van der Waals surface area (Å²) in [4.78, 5) is 24.6. The second-order valence-corrected chi connectivity index (χ2v) is 6.45. The van der Waals surface area contributed by atoms with Crippen molar-refractivity contribution >= 4 is 40.9 Å². The number of nitrogens with zero attached hydrogens (tertiary/aromatic N) is 1. The summed E-state index contributed by atoms with van der Waals surface area (Å²) in [6.07, 6.45) is 1.36. The maximum Gasteiger partial charge on any atom is 0.319 e. The van der Waals surface area contributed by atoms with Gasteiger partial charge in [-0.15, -0.1) is 0 Å². The molecule has 1 fully saturated rings. The van der Waals surface area contributed by atoms with Crippen molar-refractivity contribution in [3.8, 4) is 0 Å². The van der Waals surface area contributed by atoms with E-state index in [1.807, 2.05) is 11.8 Å². The van der Waals surface area contributed by atoms with Crippen molar-refractivity contribution in [3.05, 3.63) is 28.0 Å². The Labute approximate surface area is 148 Å². The largest absolute Gasteiger partial charge is 0.480 e. The lowest BCUT2D eigenvalue weighted by molar-refractivity contribution is -0.139. The van der Waals surface area contributed by atoms with Crippen molar-refractivity contribution in [1.29, 1.82) is 0 Å². The molecule has 1 aliphatic carbocycles. The third-order valence-corrected chi connectivity index (χ3v) is 4.50. The second-order valence-electron chi connectivity index (χ2n) is 5.63. The molecule has 0 radical (unpaired) electrons. The quantitative estimate of drug-likeness (QED) is 0.664. The van der Waals surface area contributed by atoms with Crippen LogP contribution in [0.4, 0.5) is 14.9 Å². The summed E-state index contributed by atoms with van der Waals surface area (Å²) in [6, 6.07) is 2.21. The molecule has 2 rings (SSSR count). The number of carboxylic acid groups (broad SMARTS) is 1. The fourth-order valence-electron chi connectivity index (χ4n) is 2.66. The highest BCUT2D eigenvalue weighted by Gasteiger charge is 2.34. The Bertz CT molecular complexity index is 615. The van der Waals surface area contributed by atoms with Crippen LogP contribution in [0.1, 0.15) is 19.8 Å². The number of urea groups is 1. The van der Waals surface area contributed by atoms with Crippen LogP contribution in [0, 0.1) is 5.82 Å². The molecular formula is C15H18Cl2FN3O3. The van der Waals surface area contributed by atoms with E-state index in [0.717, 1.165) is 0 Å². The molecular weight excluding hydrogens is 360 g/mol. The van der Waals surface area contributed by atoms with Crippen LogP contribution < -0.4 is 10.6 Å². The molecule has 1 aromatic rings. The van der Waals surface area contributed by atoms with Crippen molar-refractivity contribution in [2.75, 3.05) is 18.4 Å². The van der Waals surface area contributed by atoms with Gasteiger partial charge < -0.3 is 15.7 Å². The number of halogens is 3. The van der Waals surface area contributed by atoms with E-state index in [9.17, 15) is 14.0 Å². The van der Waals surface area contributed by atoms with Gasteiger partial charge in [-0.3, -0.25) is 9.69 Å². The first kappa shape index (κ1) is 18.8. The lowest BCUT2D eigenvalue weighted by Gasteiger charge is -2.42. The molecule has 1 aliphatic rings. The van der Waals surface area contributed by atoms with Crippen LogP contribution in [0.3, 0.4) is 0 Å². The summed E-state index contributed by atoms with van der Waals surface area (Å²) in [5, 5.41) is 13.8. The zero-order valence-corrected chi connectivity index (χ0v) is 14.5. The Morgan fingerprint density at radius 1 is 1.33 bits per heavy atom. The normalized spacial score (nSPS) is 19.7. The highest BCUT2D eigenvalue weighted by Crippen LogP contribution is 2.28. The molecule has 0 heterocycles. The minimum absolute atomic E-state index is 0.00728. The van der Waals surface area contributed by atoms with Gasteiger partial charge in [-0.05, 0) is 31.5 Å². The molecule has 0 aliphatic heterocycles. The third-order valence-electron chi connectivity index (χ3n) is 3.95. The zero-order valence-electron chi connectivity index (χ0n) is 13.0. The van der Waals surface area contributed by atoms with Gasteiger partial charge in [-0.25, -0.2) is 9.18 Å². The molecule has 0 atom stereocenters. The topological polar surface area (TPSA) is 81.7 Å². The molecule has 6 nitrogen and oxygen atoms in total. The fourth-order valence-corrected chi connectivity index (χ4v) is 3.14. The van der Waals surface area contributed by atoms with Crippen molar-refractivity contribution in [2.45, 2.75) is 31.8 Å². The summed E-state index contributed by atoms with van der Waals surface area (Å²) in [5.74, 6) is -1.60. The molecule has 3 N–H and O–H groups in total. The van der Waals surface area contributed by atoms with E-state index in [4.69, 9.17) is 28.3 Å². The Morgan fingerprint density at radius 3 is 2.42 bits per heavy atom. The molecule has 24 heavy (non-hydrogen) atoms. The van der Waals surface area contributed by atoms with Crippen molar-refractivity contribution in [1.82, 2.24) is 10.2 Å². The van der Waals surface area contributed by atoms with Gasteiger partial charge in [-0.2, -0.15) is 0 Å². The molecule has 0 aromatic heterocycles. The van der Waals surface area contributed by atoms with Crippen LogP contribution in [-0.4, -0.2) is 47.2 Å². The molecule has 0 saturated heterocycles. The van der Waals surface area contributed by atoms with Gasteiger partial charge >= 0.3 is 12.0 Å². The highest BCUT2D eigenvalue weighted by molar-refractivity contribution is 6.35. The first-order chi connectivity index (χ1) is 11.3. The molecule has 1 aromatic carbocycles. The summed E-state index contributed by atoms with van der Waals surface area (Å²) in [7, 11) is 0. The molecule has 0 bridgehead atoms. The highest BCUT2D eigenvalue weighted by atomic mass is 35.5. The number of amides is 2. The van der Waals surface area contributed by atoms with Gasteiger partial charge in [0, 0.05) is 17.8 Å². The van der Waals surface area contributed by atoms with Gasteiger partial charge in [0.05, 0.1) is 16.6 Å². The number of nitrogens with one attached hydrogen (secondary N) is 2. The lowest BCUT2D eigenvalue weighted by Crippen LogP contribution is -2.55. The number of rotatable bonds is 6. The third kappa shape index (κ3) is 4.72. The van der Waals surface area contributed by atoms with Crippen molar-refractivity contribution < 1.29 is 19.1 Å². The molecule has 0 spiro atoms. The van der Waals surface area contributed by atoms with E-state index in [-0.39, 0.29) is 28.7 Å². The molecule has 2 amide bonds. The van der Waals surface area contributed by atoms with Crippen LogP contribution in [0.25, 0.3) is 0 Å². The summed E-state index contributed by atoms with van der Waals surface area (Å²) < 4.78 is 13.3. The van der Waals surface area contributed by atoms with E-state index >= 15 is 0 Å². The van der Waals surface area contributed by atoms with Gasteiger partial charge in [0.25, 0.3) is 0 Å². The van der Waals surface area contributed by atoms with Gasteiger partial charge in [0.15, 0.2) is 5.82 Å². The summed E-state index contributed by atoms with van der Waals surface area (Å²) in [6.45, 7) is 2.54. The molecule has 9 heteroatoms. The SMILES string of the molecule is CCN(CC(=O)O)C1CC(NC(=O)Nc2cc(Cl)c(F)c(Cl)c2)C1. The number of anilines is 1. The summed E-state index contributed by atoms with van der Waals surface area (Å²) in [5.41, 5.74) is 0.292. The van der Waals surface area contributed by atoms with E-state index in [2.05, 4.69) is 10.6 Å². The van der Waals surface area contributed by atoms with Crippen LogP contribution in [-0.2, 0) is 4.79 Å². The van der Waals surface area contributed by atoms with Crippen LogP contribution in [0.15, 0.2) is 12.1 Å². The minimum Gasteiger partial charge on any atom is -0.480 e. The fraction of sp³-hybridized carbons (Fsp3) is 0.467. The maximum atomic E-state index is 13.3. The molecule has 0 unspecified atom stereocenters. The van der Waals surface area contributed by atoms with Gasteiger partial charge in [-0.1, -0.05) is 30.1 Å². The monoisotopic (exact) mass is 377 g/mol. The Balaban J connectivity index is 1.82. The van der Waals surface area contributed by atoms with Crippen LogP contribution in [0.2, 0.25) is 10.0 Å². The lowest BCUT2D eigenvalue weighted by atomic mass is 9.85. The van der Waals surface area contributed by atoms with Crippen LogP contribution >= 0.6 is 23.2 Å². The average Bonchev–Trinajstić information content (AvgIpc) is 2.45. The Kier molecular flexibility index (Phi) is 6.26. The minimum atomic E-state index is -0.865. The maximum absolute atomic E-state index is 13.3.